The van der Waals surface area contributed by atoms with Gasteiger partial charge in [0.15, 0.2) is 0 Å². The molecular formula is C14H29N. The van der Waals surface area contributed by atoms with Gasteiger partial charge in [0.05, 0.1) is 0 Å². The summed E-state index contributed by atoms with van der Waals surface area (Å²) in [5, 5.41) is 0. The lowest BCUT2D eigenvalue weighted by atomic mass is 10.1. The van der Waals surface area contributed by atoms with Crippen molar-refractivity contribution in [1.82, 2.24) is 4.90 Å². The molecule has 1 heteroatoms. The molecule has 0 aromatic rings. The van der Waals surface area contributed by atoms with E-state index in [9.17, 15) is 0 Å². The summed E-state index contributed by atoms with van der Waals surface area (Å²) in [7, 11) is 0. The molecule has 0 bridgehead atoms. The van der Waals surface area contributed by atoms with Crippen molar-refractivity contribution in [1.29, 1.82) is 0 Å². The predicted octanol–water partition coefficient (Wildman–Crippen LogP) is 4.22. The first-order chi connectivity index (χ1) is 7.29. The topological polar surface area (TPSA) is 3.01 Å². The van der Waals surface area contributed by atoms with Crippen LogP contribution in [0.2, 0.25) is 0 Å². The molecule has 1 saturated heterocycles. The van der Waals surface area contributed by atoms with Crippen molar-refractivity contribution in [2.75, 3.05) is 6.54 Å². The van der Waals surface area contributed by atoms with Gasteiger partial charge in [0.25, 0.3) is 0 Å². The third kappa shape index (κ3) is 5.01. The molecule has 1 heterocycles. The molecule has 0 aliphatic carbocycles. The van der Waals surface area contributed by atoms with Gasteiger partial charge in [-0.25, -0.2) is 0 Å². The molecule has 0 aromatic carbocycles. The van der Waals surface area contributed by atoms with Gasteiger partial charge >= 0.3 is 0 Å². The fourth-order valence-corrected chi connectivity index (χ4v) is 2.47. The normalized spacial score (nSPS) is 26.6. The Morgan fingerprint density at radius 2 is 1.80 bits per heavy atom. The SMILES string of the molecule is CCCCCCC(C)N1CC1CCCC. The molecule has 3 unspecified atom stereocenters. The van der Waals surface area contributed by atoms with Gasteiger partial charge in [-0.2, -0.15) is 0 Å². The number of rotatable bonds is 9. The Morgan fingerprint density at radius 1 is 1.07 bits per heavy atom. The first-order valence-corrected chi connectivity index (χ1v) is 7.05. The van der Waals surface area contributed by atoms with Crippen molar-refractivity contribution in [3.05, 3.63) is 0 Å². The highest BCUT2D eigenvalue weighted by Gasteiger charge is 2.36. The summed E-state index contributed by atoms with van der Waals surface area (Å²) >= 11 is 0. The Labute approximate surface area is 96.2 Å². The van der Waals surface area contributed by atoms with E-state index < -0.39 is 0 Å². The molecule has 3 atom stereocenters. The second-order valence-electron chi connectivity index (χ2n) is 5.19. The summed E-state index contributed by atoms with van der Waals surface area (Å²) in [5.41, 5.74) is 0. The summed E-state index contributed by atoms with van der Waals surface area (Å²) in [6, 6.07) is 1.80. The van der Waals surface area contributed by atoms with Crippen LogP contribution in [0.15, 0.2) is 0 Å². The maximum absolute atomic E-state index is 2.70. The summed E-state index contributed by atoms with van der Waals surface area (Å²) in [6.07, 6.45) is 11.3. The largest absolute Gasteiger partial charge is 0.295 e. The molecule has 1 aliphatic rings. The van der Waals surface area contributed by atoms with E-state index in [0.717, 1.165) is 12.1 Å². The maximum Gasteiger partial charge on any atom is 0.0226 e. The lowest BCUT2D eigenvalue weighted by Crippen LogP contribution is -2.16. The summed E-state index contributed by atoms with van der Waals surface area (Å²) in [4.78, 5) is 2.70. The summed E-state index contributed by atoms with van der Waals surface area (Å²) in [5.74, 6) is 0. The monoisotopic (exact) mass is 211 g/mol. The van der Waals surface area contributed by atoms with Crippen LogP contribution in [-0.4, -0.2) is 23.5 Å². The van der Waals surface area contributed by atoms with Gasteiger partial charge in [0.1, 0.15) is 0 Å². The van der Waals surface area contributed by atoms with Gasteiger partial charge in [-0.3, -0.25) is 4.90 Å². The fraction of sp³-hybridized carbons (Fsp3) is 1.00. The fourth-order valence-electron chi connectivity index (χ4n) is 2.47. The van der Waals surface area contributed by atoms with Crippen molar-refractivity contribution >= 4 is 0 Å². The van der Waals surface area contributed by atoms with Crippen molar-refractivity contribution < 1.29 is 0 Å². The first kappa shape index (κ1) is 13.0. The quantitative estimate of drug-likeness (QED) is 0.407. The Bertz CT molecular complexity index is 155. The van der Waals surface area contributed by atoms with Crippen molar-refractivity contribution in [2.24, 2.45) is 0 Å². The van der Waals surface area contributed by atoms with Crippen LogP contribution in [0, 0.1) is 0 Å². The number of hydrogen-bond donors (Lipinski definition) is 0. The van der Waals surface area contributed by atoms with Gasteiger partial charge in [-0.05, 0) is 19.8 Å². The summed E-state index contributed by atoms with van der Waals surface area (Å²) in [6.45, 7) is 8.38. The van der Waals surface area contributed by atoms with Gasteiger partial charge < -0.3 is 0 Å². The van der Waals surface area contributed by atoms with Gasteiger partial charge in [-0.15, -0.1) is 0 Å². The average Bonchev–Trinajstić information content (AvgIpc) is 3.00. The molecule has 0 N–H and O–H groups in total. The standard InChI is InChI=1S/C14H29N/c1-4-6-8-9-10-13(3)15-12-14(15)11-7-5-2/h13-14H,4-12H2,1-3H3. The summed E-state index contributed by atoms with van der Waals surface area (Å²) < 4.78 is 0. The Hall–Kier alpha value is -0.0400. The minimum Gasteiger partial charge on any atom is -0.295 e. The van der Waals surface area contributed by atoms with Crippen LogP contribution < -0.4 is 0 Å². The molecule has 0 radical (unpaired) electrons. The molecule has 90 valence electrons. The second kappa shape index (κ2) is 7.27. The van der Waals surface area contributed by atoms with E-state index in [2.05, 4.69) is 25.7 Å². The molecule has 0 spiro atoms. The third-order valence-corrected chi connectivity index (χ3v) is 3.69. The molecule has 1 rings (SSSR count). The Morgan fingerprint density at radius 3 is 2.47 bits per heavy atom. The van der Waals surface area contributed by atoms with Crippen molar-refractivity contribution in [3.63, 3.8) is 0 Å². The van der Waals surface area contributed by atoms with Gasteiger partial charge in [0.2, 0.25) is 0 Å². The molecule has 0 saturated carbocycles. The Kier molecular flexibility index (Phi) is 6.31. The third-order valence-electron chi connectivity index (χ3n) is 3.69. The zero-order valence-corrected chi connectivity index (χ0v) is 11.0. The van der Waals surface area contributed by atoms with E-state index in [0.29, 0.717) is 0 Å². The van der Waals surface area contributed by atoms with Crippen LogP contribution in [0.1, 0.15) is 72.1 Å². The smallest absolute Gasteiger partial charge is 0.0226 e. The van der Waals surface area contributed by atoms with Gasteiger partial charge in [0, 0.05) is 18.6 Å². The van der Waals surface area contributed by atoms with Crippen molar-refractivity contribution in [2.45, 2.75) is 84.2 Å². The van der Waals surface area contributed by atoms with E-state index in [1.165, 1.54) is 57.9 Å². The highest BCUT2D eigenvalue weighted by molar-refractivity contribution is 4.92. The van der Waals surface area contributed by atoms with Crippen LogP contribution >= 0.6 is 0 Å². The van der Waals surface area contributed by atoms with E-state index in [-0.39, 0.29) is 0 Å². The minimum atomic E-state index is 0.851. The lowest BCUT2D eigenvalue weighted by molar-refractivity contribution is 0.353. The highest BCUT2D eigenvalue weighted by atomic mass is 15.3. The van der Waals surface area contributed by atoms with E-state index in [1.807, 2.05) is 0 Å². The molecule has 0 amide bonds. The number of nitrogens with zero attached hydrogens (tertiary/aromatic N) is 1. The zero-order chi connectivity index (χ0) is 11.1. The van der Waals surface area contributed by atoms with Crippen LogP contribution in [0.4, 0.5) is 0 Å². The van der Waals surface area contributed by atoms with Crippen LogP contribution in [0.25, 0.3) is 0 Å². The lowest BCUT2D eigenvalue weighted by Gasteiger charge is -2.13. The van der Waals surface area contributed by atoms with E-state index >= 15 is 0 Å². The predicted molar refractivity (Wildman–Crippen MR) is 68.2 cm³/mol. The molecule has 1 aliphatic heterocycles. The van der Waals surface area contributed by atoms with Crippen LogP contribution in [0.5, 0.6) is 0 Å². The molecule has 0 aromatic heterocycles. The molecule has 1 nitrogen and oxygen atoms in total. The maximum atomic E-state index is 2.70. The number of unbranched alkanes of at least 4 members (excludes halogenated alkanes) is 4. The van der Waals surface area contributed by atoms with Gasteiger partial charge in [-0.1, -0.05) is 52.4 Å². The van der Waals surface area contributed by atoms with E-state index in [4.69, 9.17) is 0 Å². The van der Waals surface area contributed by atoms with E-state index in [1.54, 1.807) is 0 Å². The van der Waals surface area contributed by atoms with Crippen LogP contribution in [-0.2, 0) is 0 Å². The molecular weight excluding hydrogens is 182 g/mol. The second-order valence-corrected chi connectivity index (χ2v) is 5.19. The van der Waals surface area contributed by atoms with Crippen LogP contribution in [0.3, 0.4) is 0 Å². The highest BCUT2D eigenvalue weighted by Crippen LogP contribution is 2.28. The minimum absolute atomic E-state index is 0.851. The van der Waals surface area contributed by atoms with Crippen molar-refractivity contribution in [3.8, 4) is 0 Å². The first-order valence-electron chi connectivity index (χ1n) is 7.05. The zero-order valence-electron chi connectivity index (χ0n) is 11.0. The average molecular weight is 211 g/mol. The Balaban J connectivity index is 1.97. The number of hydrogen-bond acceptors (Lipinski definition) is 1. The molecule has 1 fully saturated rings. The molecule has 15 heavy (non-hydrogen) atoms.